The summed E-state index contributed by atoms with van der Waals surface area (Å²) in [6.07, 6.45) is 0.926. The first-order chi connectivity index (χ1) is 16.6. The number of amides is 3. The molecule has 186 valence electrons. The zero-order valence-electron chi connectivity index (χ0n) is 19.9. The molecule has 1 atom stereocenters. The summed E-state index contributed by atoms with van der Waals surface area (Å²) in [5.74, 6) is -0.305. The van der Waals surface area contributed by atoms with Crippen molar-refractivity contribution in [2.24, 2.45) is 0 Å². The first-order valence-corrected chi connectivity index (χ1v) is 11.4. The van der Waals surface area contributed by atoms with Gasteiger partial charge in [0.15, 0.2) is 11.6 Å². The van der Waals surface area contributed by atoms with Gasteiger partial charge in [0.2, 0.25) is 0 Å². The van der Waals surface area contributed by atoms with E-state index >= 15 is 0 Å². The number of hydrogen-bond donors (Lipinski definition) is 2. The normalized spacial score (nSPS) is 17.8. The predicted octanol–water partition coefficient (Wildman–Crippen LogP) is 3.02. The Labute approximate surface area is 203 Å². The minimum atomic E-state index is -1.12. The number of carbonyl (C=O) groups is 3. The summed E-state index contributed by atoms with van der Waals surface area (Å²) < 4.78 is 11.1. The Bertz CT molecular complexity index is 1100. The molecule has 35 heavy (non-hydrogen) atoms. The van der Waals surface area contributed by atoms with Gasteiger partial charge in [0.1, 0.15) is 18.2 Å². The third kappa shape index (κ3) is 5.56. The lowest BCUT2D eigenvalue weighted by Gasteiger charge is -2.40. The van der Waals surface area contributed by atoms with Crippen LogP contribution in [0.3, 0.4) is 0 Å². The minimum Gasteiger partial charge on any atom is -0.488 e. The molecule has 0 bridgehead atoms. The second-order valence-corrected chi connectivity index (χ2v) is 9.29. The number of rotatable bonds is 3. The van der Waals surface area contributed by atoms with Crippen LogP contribution in [0.5, 0.6) is 5.75 Å². The standard InChI is InChI=1S/C24H29N5O6/c1-24(2,3)35-23(33)28-10-9-27(15-18(28)21(30)31)17-13-19-20(25-14-17)29(11-12-34-19)22(32)26-16-7-5-4-6-8-16/h4-8,13-14,18H,9-12,15H2,1-3H3,(H,26,32)(H,30,31). The summed E-state index contributed by atoms with van der Waals surface area (Å²) in [5, 5.41) is 12.6. The van der Waals surface area contributed by atoms with Gasteiger partial charge in [0.25, 0.3) is 0 Å². The van der Waals surface area contributed by atoms with Crippen LogP contribution in [-0.4, -0.2) is 77.5 Å². The number of ether oxygens (including phenoxy) is 2. The van der Waals surface area contributed by atoms with Gasteiger partial charge in [-0.3, -0.25) is 9.80 Å². The SMILES string of the molecule is CC(C)(C)OC(=O)N1CCN(c2cnc3c(c2)OCCN3C(=O)Nc2ccccc2)CC1C(=O)O. The fourth-order valence-electron chi connectivity index (χ4n) is 3.94. The number of aromatic nitrogens is 1. The third-order valence-corrected chi connectivity index (χ3v) is 5.58. The second kappa shape index (κ2) is 9.69. The summed E-state index contributed by atoms with van der Waals surface area (Å²) in [7, 11) is 0. The number of anilines is 3. The molecular formula is C24H29N5O6. The molecule has 2 N–H and O–H groups in total. The van der Waals surface area contributed by atoms with Crippen molar-refractivity contribution in [3.8, 4) is 5.75 Å². The highest BCUT2D eigenvalue weighted by Crippen LogP contribution is 2.34. The van der Waals surface area contributed by atoms with E-state index in [0.717, 1.165) is 0 Å². The maximum absolute atomic E-state index is 12.8. The summed E-state index contributed by atoms with van der Waals surface area (Å²) in [6, 6.07) is 9.47. The van der Waals surface area contributed by atoms with Gasteiger partial charge in [-0.05, 0) is 32.9 Å². The van der Waals surface area contributed by atoms with Gasteiger partial charge < -0.3 is 24.8 Å². The highest BCUT2D eigenvalue weighted by molar-refractivity contribution is 6.02. The van der Waals surface area contributed by atoms with Crippen molar-refractivity contribution in [3.63, 3.8) is 0 Å². The number of fused-ring (bicyclic) bond motifs is 1. The molecule has 1 aromatic carbocycles. The molecule has 1 unspecified atom stereocenters. The van der Waals surface area contributed by atoms with Gasteiger partial charge in [-0.2, -0.15) is 0 Å². The van der Waals surface area contributed by atoms with E-state index in [1.165, 1.54) is 9.80 Å². The van der Waals surface area contributed by atoms with Crippen LogP contribution in [0.2, 0.25) is 0 Å². The summed E-state index contributed by atoms with van der Waals surface area (Å²) >= 11 is 0. The number of benzene rings is 1. The number of hydrogen-bond acceptors (Lipinski definition) is 7. The van der Waals surface area contributed by atoms with Crippen LogP contribution in [0.4, 0.5) is 26.8 Å². The smallest absolute Gasteiger partial charge is 0.411 e. The van der Waals surface area contributed by atoms with E-state index in [9.17, 15) is 19.5 Å². The Balaban J connectivity index is 1.49. The first kappa shape index (κ1) is 24.1. The molecule has 4 rings (SSSR count). The van der Waals surface area contributed by atoms with Crippen molar-refractivity contribution < 1.29 is 29.0 Å². The van der Waals surface area contributed by atoms with E-state index in [-0.39, 0.29) is 19.1 Å². The summed E-state index contributed by atoms with van der Waals surface area (Å²) in [6.45, 7) is 6.47. The quantitative estimate of drug-likeness (QED) is 0.683. The highest BCUT2D eigenvalue weighted by Gasteiger charge is 2.38. The lowest BCUT2D eigenvalue weighted by molar-refractivity contribution is -0.143. The number of aliphatic carboxylic acids is 1. The first-order valence-electron chi connectivity index (χ1n) is 11.4. The molecule has 2 aliphatic rings. The minimum absolute atomic E-state index is 0.0627. The Morgan fingerprint density at radius 3 is 2.57 bits per heavy atom. The lowest BCUT2D eigenvalue weighted by Crippen LogP contribution is -2.59. The Morgan fingerprint density at radius 2 is 1.89 bits per heavy atom. The molecule has 0 radical (unpaired) electrons. The van der Waals surface area contributed by atoms with Crippen LogP contribution < -0.4 is 19.9 Å². The maximum atomic E-state index is 12.8. The average molecular weight is 484 g/mol. The van der Waals surface area contributed by atoms with Crippen LogP contribution in [0.15, 0.2) is 42.6 Å². The summed E-state index contributed by atoms with van der Waals surface area (Å²) in [4.78, 5) is 46.4. The zero-order valence-corrected chi connectivity index (χ0v) is 19.9. The molecule has 1 saturated heterocycles. The molecule has 3 heterocycles. The van der Waals surface area contributed by atoms with Crippen LogP contribution in [0, 0.1) is 0 Å². The number of pyridine rings is 1. The van der Waals surface area contributed by atoms with E-state index in [2.05, 4.69) is 10.3 Å². The maximum Gasteiger partial charge on any atom is 0.411 e. The molecule has 11 heteroatoms. The molecule has 1 fully saturated rings. The van der Waals surface area contributed by atoms with E-state index in [1.54, 1.807) is 45.2 Å². The average Bonchev–Trinajstić information content (AvgIpc) is 2.82. The third-order valence-electron chi connectivity index (χ3n) is 5.58. The number of carbonyl (C=O) groups excluding carboxylic acids is 2. The van der Waals surface area contributed by atoms with E-state index in [1.807, 2.05) is 23.1 Å². The van der Waals surface area contributed by atoms with E-state index in [4.69, 9.17) is 9.47 Å². The van der Waals surface area contributed by atoms with Crippen molar-refractivity contribution in [2.45, 2.75) is 32.4 Å². The monoisotopic (exact) mass is 483 g/mol. The lowest BCUT2D eigenvalue weighted by atomic mass is 10.1. The van der Waals surface area contributed by atoms with Crippen LogP contribution in [0.25, 0.3) is 0 Å². The number of urea groups is 1. The number of carboxylic acids is 1. The van der Waals surface area contributed by atoms with Gasteiger partial charge in [-0.25, -0.2) is 19.4 Å². The molecule has 2 aliphatic heterocycles. The molecule has 0 saturated carbocycles. The number of nitrogens with zero attached hydrogens (tertiary/aromatic N) is 4. The fraction of sp³-hybridized carbons (Fsp3) is 0.417. The van der Waals surface area contributed by atoms with Crippen LogP contribution in [-0.2, 0) is 9.53 Å². The van der Waals surface area contributed by atoms with Crippen molar-refractivity contribution in [1.29, 1.82) is 0 Å². The Kier molecular flexibility index (Phi) is 6.68. The van der Waals surface area contributed by atoms with Crippen LogP contribution in [0.1, 0.15) is 20.8 Å². The molecule has 11 nitrogen and oxygen atoms in total. The molecule has 0 aliphatic carbocycles. The summed E-state index contributed by atoms with van der Waals surface area (Å²) in [5.41, 5.74) is 0.587. The van der Waals surface area contributed by atoms with Crippen molar-refractivity contribution in [2.75, 3.05) is 47.9 Å². The second-order valence-electron chi connectivity index (χ2n) is 9.29. The van der Waals surface area contributed by atoms with Gasteiger partial charge in [-0.15, -0.1) is 0 Å². The van der Waals surface area contributed by atoms with Gasteiger partial charge in [0.05, 0.1) is 18.4 Å². The van der Waals surface area contributed by atoms with E-state index in [0.29, 0.717) is 42.6 Å². The Hall–Kier alpha value is -4.02. The highest BCUT2D eigenvalue weighted by atomic mass is 16.6. The van der Waals surface area contributed by atoms with E-state index < -0.39 is 23.7 Å². The predicted molar refractivity (Wildman–Crippen MR) is 129 cm³/mol. The molecule has 1 aromatic heterocycles. The number of piperazine rings is 1. The molecule has 3 amide bonds. The number of nitrogens with one attached hydrogen (secondary N) is 1. The van der Waals surface area contributed by atoms with Crippen molar-refractivity contribution >= 4 is 35.3 Å². The number of para-hydroxylation sites is 1. The number of carboxylic acid groups (broad SMARTS) is 1. The van der Waals surface area contributed by atoms with Gasteiger partial charge in [0, 0.05) is 31.4 Å². The largest absolute Gasteiger partial charge is 0.488 e. The molecular weight excluding hydrogens is 454 g/mol. The Morgan fingerprint density at radius 1 is 1.14 bits per heavy atom. The fourth-order valence-corrected chi connectivity index (χ4v) is 3.94. The topological polar surface area (TPSA) is 125 Å². The zero-order chi connectivity index (χ0) is 25.2. The van der Waals surface area contributed by atoms with Crippen molar-refractivity contribution in [1.82, 2.24) is 9.88 Å². The van der Waals surface area contributed by atoms with Crippen LogP contribution >= 0.6 is 0 Å². The molecule has 2 aromatic rings. The molecule has 0 spiro atoms. The van der Waals surface area contributed by atoms with Crippen molar-refractivity contribution in [3.05, 3.63) is 42.6 Å². The van der Waals surface area contributed by atoms with Gasteiger partial charge in [-0.1, -0.05) is 18.2 Å². The van der Waals surface area contributed by atoms with Gasteiger partial charge >= 0.3 is 18.1 Å².